The van der Waals surface area contributed by atoms with E-state index < -0.39 is 0 Å². The van der Waals surface area contributed by atoms with Crippen LogP contribution in [0.3, 0.4) is 0 Å². The van der Waals surface area contributed by atoms with Crippen molar-refractivity contribution in [2.24, 2.45) is 0 Å². The van der Waals surface area contributed by atoms with Crippen molar-refractivity contribution in [3.05, 3.63) is 35.0 Å². The lowest BCUT2D eigenvalue weighted by atomic mass is 9.90. The van der Waals surface area contributed by atoms with Crippen LogP contribution in [0.25, 0.3) is 10.9 Å². The first-order chi connectivity index (χ1) is 7.81. The van der Waals surface area contributed by atoms with Gasteiger partial charge in [-0.05, 0) is 44.4 Å². The third kappa shape index (κ3) is 1.30. The summed E-state index contributed by atoms with van der Waals surface area (Å²) in [6, 6.07) is 7.11. The smallest absolute Gasteiger partial charge is 0.0489 e. The normalized spacial score (nSPS) is 20.0. The lowest BCUT2D eigenvalue weighted by Crippen LogP contribution is -2.20. The van der Waals surface area contributed by atoms with Crippen molar-refractivity contribution in [2.45, 2.75) is 32.2 Å². The van der Waals surface area contributed by atoms with Crippen molar-refractivity contribution in [1.82, 2.24) is 10.3 Å². The Labute approximate surface area is 96.1 Å². The van der Waals surface area contributed by atoms with Gasteiger partial charge in [-0.2, -0.15) is 0 Å². The standard InChI is InChI=1S/C14H18N2/c1-9-5-3-6-10-13-11(15-2)7-4-8-12(13)16-14(9)10/h3,5-6,11,15-16H,4,7-8H2,1-2H3. The third-order valence-electron chi connectivity index (χ3n) is 3.78. The van der Waals surface area contributed by atoms with E-state index in [9.17, 15) is 0 Å². The van der Waals surface area contributed by atoms with Crippen LogP contribution < -0.4 is 5.32 Å². The molecule has 84 valence electrons. The number of H-pyrrole nitrogens is 1. The van der Waals surface area contributed by atoms with E-state index in [-0.39, 0.29) is 0 Å². The lowest BCUT2D eigenvalue weighted by molar-refractivity contribution is 0.497. The monoisotopic (exact) mass is 214 g/mol. The van der Waals surface area contributed by atoms with Gasteiger partial charge < -0.3 is 10.3 Å². The van der Waals surface area contributed by atoms with Crippen molar-refractivity contribution >= 4 is 10.9 Å². The van der Waals surface area contributed by atoms with Crippen molar-refractivity contribution in [2.75, 3.05) is 7.05 Å². The van der Waals surface area contributed by atoms with Crippen LogP contribution in [0.4, 0.5) is 0 Å². The summed E-state index contributed by atoms with van der Waals surface area (Å²) in [5, 5.41) is 4.85. The van der Waals surface area contributed by atoms with E-state index in [0.29, 0.717) is 6.04 Å². The molecule has 0 amide bonds. The molecule has 0 aliphatic heterocycles. The minimum Gasteiger partial charge on any atom is -0.358 e. The number of nitrogens with one attached hydrogen (secondary N) is 2. The van der Waals surface area contributed by atoms with Crippen LogP contribution in [-0.4, -0.2) is 12.0 Å². The number of hydrogen-bond acceptors (Lipinski definition) is 1. The van der Waals surface area contributed by atoms with Gasteiger partial charge in [0, 0.05) is 22.6 Å². The minimum absolute atomic E-state index is 0.527. The van der Waals surface area contributed by atoms with E-state index >= 15 is 0 Å². The Balaban J connectivity index is 2.30. The number of hydrogen-bond donors (Lipinski definition) is 2. The van der Waals surface area contributed by atoms with Crippen molar-refractivity contribution < 1.29 is 0 Å². The zero-order valence-corrected chi connectivity index (χ0v) is 9.93. The Kier molecular flexibility index (Phi) is 2.25. The van der Waals surface area contributed by atoms with Crippen LogP contribution >= 0.6 is 0 Å². The molecule has 0 saturated heterocycles. The highest BCUT2D eigenvalue weighted by molar-refractivity contribution is 5.88. The quantitative estimate of drug-likeness (QED) is 0.750. The van der Waals surface area contributed by atoms with E-state index in [4.69, 9.17) is 0 Å². The van der Waals surface area contributed by atoms with Gasteiger partial charge in [0.1, 0.15) is 0 Å². The summed E-state index contributed by atoms with van der Waals surface area (Å²) in [6.45, 7) is 2.18. The molecule has 1 aromatic heterocycles. The Morgan fingerprint density at radius 2 is 2.25 bits per heavy atom. The maximum atomic E-state index is 3.61. The molecule has 0 radical (unpaired) electrons. The summed E-state index contributed by atoms with van der Waals surface area (Å²) in [5.41, 5.74) is 5.62. The molecule has 2 N–H and O–H groups in total. The van der Waals surface area contributed by atoms with Gasteiger partial charge in [-0.3, -0.25) is 0 Å². The minimum atomic E-state index is 0.527. The molecule has 0 spiro atoms. The Morgan fingerprint density at radius 3 is 3.06 bits per heavy atom. The first-order valence-corrected chi connectivity index (χ1v) is 6.08. The molecule has 0 saturated carbocycles. The number of para-hydroxylation sites is 1. The fourth-order valence-electron chi connectivity index (χ4n) is 2.95. The van der Waals surface area contributed by atoms with Crippen LogP contribution in [0.5, 0.6) is 0 Å². The van der Waals surface area contributed by atoms with Gasteiger partial charge in [0.15, 0.2) is 0 Å². The average Bonchev–Trinajstić information content (AvgIpc) is 2.69. The number of fused-ring (bicyclic) bond motifs is 3. The topological polar surface area (TPSA) is 27.8 Å². The highest BCUT2D eigenvalue weighted by Crippen LogP contribution is 2.36. The lowest BCUT2D eigenvalue weighted by Gasteiger charge is -2.22. The summed E-state index contributed by atoms with van der Waals surface area (Å²) in [5.74, 6) is 0. The molecule has 2 aromatic rings. The van der Waals surface area contributed by atoms with Gasteiger partial charge in [-0.15, -0.1) is 0 Å². The molecule has 1 aromatic carbocycles. The molecule has 16 heavy (non-hydrogen) atoms. The second kappa shape index (κ2) is 3.63. The van der Waals surface area contributed by atoms with Gasteiger partial charge >= 0.3 is 0 Å². The fraction of sp³-hybridized carbons (Fsp3) is 0.429. The largest absolute Gasteiger partial charge is 0.358 e. The van der Waals surface area contributed by atoms with E-state index in [1.807, 2.05) is 0 Å². The van der Waals surface area contributed by atoms with Crippen LogP contribution in [0.15, 0.2) is 18.2 Å². The van der Waals surface area contributed by atoms with E-state index in [0.717, 1.165) is 0 Å². The van der Waals surface area contributed by atoms with E-state index in [2.05, 4.69) is 42.5 Å². The SMILES string of the molecule is CNC1CCCc2[nH]c3c(C)cccc3c21. The fourth-order valence-corrected chi connectivity index (χ4v) is 2.95. The van der Waals surface area contributed by atoms with Gasteiger partial charge in [0.05, 0.1) is 0 Å². The van der Waals surface area contributed by atoms with Crippen molar-refractivity contribution in [3.63, 3.8) is 0 Å². The Hall–Kier alpha value is -1.28. The molecular weight excluding hydrogens is 196 g/mol. The number of aromatic nitrogens is 1. The molecule has 2 heteroatoms. The van der Waals surface area contributed by atoms with Crippen LogP contribution in [0, 0.1) is 6.92 Å². The predicted octanol–water partition coefficient (Wildman–Crippen LogP) is 3.07. The second-order valence-electron chi connectivity index (χ2n) is 4.75. The molecule has 0 bridgehead atoms. The van der Waals surface area contributed by atoms with E-state index in [1.54, 1.807) is 0 Å². The maximum absolute atomic E-state index is 3.61. The molecule has 1 aliphatic carbocycles. The third-order valence-corrected chi connectivity index (χ3v) is 3.78. The average molecular weight is 214 g/mol. The summed E-state index contributed by atoms with van der Waals surface area (Å²) in [7, 11) is 2.06. The summed E-state index contributed by atoms with van der Waals surface area (Å²) in [4.78, 5) is 3.61. The van der Waals surface area contributed by atoms with Crippen LogP contribution in [-0.2, 0) is 6.42 Å². The zero-order chi connectivity index (χ0) is 11.1. The molecule has 2 nitrogen and oxygen atoms in total. The highest BCUT2D eigenvalue weighted by atomic mass is 14.9. The second-order valence-corrected chi connectivity index (χ2v) is 4.75. The molecule has 1 atom stereocenters. The first kappa shape index (κ1) is 9.91. The first-order valence-electron chi connectivity index (χ1n) is 6.08. The Bertz CT molecular complexity index is 525. The van der Waals surface area contributed by atoms with Gasteiger partial charge in [-0.1, -0.05) is 18.2 Å². The number of aryl methyl sites for hydroxylation is 2. The molecule has 1 aliphatic rings. The van der Waals surface area contributed by atoms with Crippen molar-refractivity contribution in [1.29, 1.82) is 0 Å². The van der Waals surface area contributed by atoms with Crippen molar-refractivity contribution in [3.8, 4) is 0 Å². The summed E-state index contributed by atoms with van der Waals surface area (Å²) < 4.78 is 0. The number of rotatable bonds is 1. The molecule has 3 rings (SSSR count). The summed E-state index contributed by atoms with van der Waals surface area (Å²) in [6.07, 6.45) is 3.73. The van der Waals surface area contributed by atoms with Crippen LogP contribution in [0.2, 0.25) is 0 Å². The van der Waals surface area contributed by atoms with E-state index in [1.165, 1.54) is 47.0 Å². The van der Waals surface area contributed by atoms with Gasteiger partial charge in [0.2, 0.25) is 0 Å². The molecule has 0 fully saturated rings. The zero-order valence-electron chi connectivity index (χ0n) is 9.93. The predicted molar refractivity (Wildman–Crippen MR) is 67.8 cm³/mol. The molecule has 1 unspecified atom stereocenters. The number of benzene rings is 1. The molecular formula is C14H18N2. The van der Waals surface area contributed by atoms with Gasteiger partial charge in [-0.25, -0.2) is 0 Å². The highest BCUT2D eigenvalue weighted by Gasteiger charge is 2.23. The Morgan fingerprint density at radius 1 is 1.38 bits per heavy atom. The summed E-state index contributed by atoms with van der Waals surface area (Å²) >= 11 is 0. The van der Waals surface area contributed by atoms with Crippen LogP contribution in [0.1, 0.15) is 35.7 Å². The van der Waals surface area contributed by atoms with Gasteiger partial charge in [0.25, 0.3) is 0 Å². The molecule has 1 heterocycles. The maximum Gasteiger partial charge on any atom is 0.0489 e. The number of aromatic amines is 1.